The van der Waals surface area contributed by atoms with Crippen LogP contribution in [-0.2, 0) is 16.4 Å². The van der Waals surface area contributed by atoms with Gasteiger partial charge in [0, 0.05) is 24.9 Å². The SMILES string of the molecule is CCCNCC(C)S(=O)(=O)NCCc1cscn1. The van der Waals surface area contributed by atoms with E-state index < -0.39 is 15.3 Å². The van der Waals surface area contributed by atoms with Crippen molar-refractivity contribution in [2.24, 2.45) is 0 Å². The standard InChI is InChI=1S/C11H21N3O2S2/c1-3-5-12-7-10(2)18(15,16)14-6-4-11-8-17-9-13-11/h8-10,12,14H,3-7H2,1-2H3. The summed E-state index contributed by atoms with van der Waals surface area (Å²) in [6.45, 7) is 5.51. The average molecular weight is 291 g/mol. The lowest BCUT2D eigenvalue weighted by molar-refractivity contribution is 0.557. The van der Waals surface area contributed by atoms with E-state index >= 15 is 0 Å². The highest BCUT2D eigenvalue weighted by Crippen LogP contribution is 2.02. The van der Waals surface area contributed by atoms with Gasteiger partial charge in [0.2, 0.25) is 10.0 Å². The molecule has 2 N–H and O–H groups in total. The van der Waals surface area contributed by atoms with Crippen molar-refractivity contribution in [2.45, 2.75) is 31.9 Å². The predicted molar refractivity (Wildman–Crippen MR) is 75.4 cm³/mol. The van der Waals surface area contributed by atoms with Gasteiger partial charge in [-0.3, -0.25) is 0 Å². The number of nitrogens with zero attached hydrogens (tertiary/aromatic N) is 1. The lowest BCUT2D eigenvalue weighted by atomic mass is 10.3. The molecule has 7 heteroatoms. The molecular formula is C11H21N3O2S2. The normalized spacial score (nSPS) is 13.7. The van der Waals surface area contributed by atoms with Gasteiger partial charge in [-0.15, -0.1) is 11.3 Å². The molecule has 18 heavy (non-hydrogen) atoms. The summed E-state index contributed by atoms with van der Waals surface area (Å²) in [4.78, 5) is 4.11. The number of hydrogen-bond donors (Lipinski definition) is 2. The van der Waals surface area contributed by atoms with E-state index in [0.29, 0.717) is 19.5 Å². The second kappa shape index (κ2) is 7.83. The smallest absolute Gasteiger partial charge is 0.215 e. The van der Waals surface area contributed by atoms with Gasteiger partial charge in [-0.1, -0.05) is 6.92 Å². The van der Waals surface area contributed by atoms with Crippen LogP contribution in [0, 0.1) is 0 Å². The molecule has 1 atom stereocenters. The van der Waals surface area contributed by atoms with Crippen molar-refractivity contribution in [1.29, 1.82) is 0 Å². The van der Waals surface area contributed by atoms with E-state index in [-0.39, 0.29) is 0 Å². The van der Waals surface area contributed by atoms with Crippen LogP contribution in [0.15, 0.2) is 10.9 Å². The number of hydrogen-bond acceptors (Lipinski definition) is 5. The van der Waals surface area contributed by atoms with Gasteiger partial charge in [0.05, 0.1) is 16.5 Å². The Kier molecular flexibility index (Phi) is 6.77. The first-order chi connectivity index (χ1) is 8.56. The van der Waals surface area contributed by atoms with Crippen molar-refractivity contribution in [1.82, 2.24) is 15.0 Å². The van der Waals surface area contributed by atoms with Crippen LogP contribution in [0.5, 0.6) is 0 Å². The van der Waals surface area contributed by atoms with Crippen molar-refractivity contribution in [3.63, 3.8) is 0 Å². The third-order valence-corrected chi connectivity index (χ3v) is 5.02. The fourth-order valence-corrected chi connectivity index (χ4v) is 3.02. The van der Waals surface area contributed by atoms with E-state index in [9.17, 15) is 8.42 Å². The highest BCUT2D eigenvalue weighted by molar-refractivity contribution is 7.90. The second-order valence-corrected chi connectivity index (χ2v) is 7.09. The van der Waals surface area contributed by atoms with E-state index in [2.05, 4.69) is 21.9 Å². The molecule has 1 heterocycles. The summed E-state index contributed by atoms with van der Waals surface area (Å²) < 4.78 is 26.4. The summed E-state index contributed by atoms with van der Waals surface area (Å²) in [6, 6.07) is 0. The van der Waals surface area contributed by atoms with E-state index in [0.717, 1.165) is 18.7 Å². The number of aromatic nitrogens is 1. The molecule has 0 fully saturated rings. The molecule has 0 spiro atoms. The van der Waals surface area contributed by atoms with Crippen LogP contribution in [0.3, 0.4) is 0 Å². The molecule has 1 aromatic rings. The van der Waals surface area contributed by atoms with E-state index in [4.69, 9.17) is 0 Å². The first-order valence-corrected chi connectivity index (χ1v) is 8.61. The van der Waals surface area contributed by atoms with Crippen LogP contribution in [-0.4, -0.2) is 38.3 Å². The van der Waals surface area contributed by atoms with Crippen LogP contribution in [0.2, 0.25) is 0 Å². The number of thiazole rings is 1. The van der Waals surface area contributed by atoms with Crippen LogP contribution >= 0.6 is 11.3 Å². The molecule has 1 unspecified atom stereocenters. The van der Waals surface area contributed by atoms with Crippen LogP contribution < -0.4 is 10.0 Å². The Morgan fingerprint density at radius 3 is 2.83 bits per heavy atom. The van der Waals surface area contributed by atoms with E-state index in [1.165, 1.54) is 11.3 Å². The zero-order valence-corrected chi connectivity index (χ0v) is 12.5. The minimum atomic E-state index is -3.23. The van der Waals surface area contributed by atoms with Gasteiger partial charge < -0.3 is 5.32 Å². The monoisotopic (exact) mass is 291 g/mol. The third-order valence-electron chi connectivity index (χ3n) is 2.56. The lowest BCUT2D eigenvalue weighted by Gasteiger charge is -2.14. The molecule has 1 rings (SSSR count). The highest BCUT2D eigenvalue weighted by atomic mass is 32.2. The molecule has 1 aromatic heterocycles. The van der Waals surface area contributed by atoms with Crippen molar-refractivity contribution in [3.05, 3.63) is 16.6 Å². The maximum atomic E-state index is 11.9. The van der Waals surface area contributed by atoms with Crippen molar-refractivity contribution >= 4 is 21.4 Å². The number of sulfonamides is 1. The Labute approximate surface area is 113 Å². The molecule has 0 aliphatic carbocycles. The largest absolute Gasteiger partial charge is 0.315 e. The van der Waals surface area contributed by atoms with E-state index in [1.54, 1.807) is 12.4 Å². The molecular weight excluding hydrogens is 270 g/mol. The van der Waals surface area contributed by atoms with Crippen molar-refractivity contribution < 1.29 is 8.42 Å². The van der Waals surface area contributed by atoms with Crippen LogP contribution in [0.1, 0.15) is 26.0 Å². The van der Waals surface area contributed by atoms with Gasteiger partial charge in [-0.25, -0.2) is 18.1 Å². The fourth-order valence-electron chi connectivity index (χ4n) is 1.42. The Balaban J connectivity index is 2.30. The first kappa shape index (κ1) is 15.6. The fraction of sp³-hybridized carbons (Fsp3) is 0.727. The van der Waals surface area contributed by atoms with Crippen molar-refractivity contribution in [3.8, 4) is 0 Å². The predicted octanol–water partition coefficient (Wildman–Crippen LogP) is 0.993. The number of nitrogens with one attached hydrogen (secondary N) is 2. The lowest BCUT2D eigenvalue weighted by Crippen LogP contribution is -2.39. The Hall–Kier alpha value is -0.500. The molecule has 0 aromatic carbocycles. The molecule has 0 amide bonds. The van der Waals surface area contributed by atoms with Gasteiger partial charge in [0.15, 0.2) is 0 Å². The van der Waals surface area contributed by atoms with E-state index in [1.807, 2.05) is 5.38 Å². The highest BCUT2D eigenvalue weighted by Gasteiger charge is 2.19. The Morgan fingerprint density at radius 2 is 2.22 bits per heavy atom. The molecule has 0 radical (unpaired) electrons. The topological polar surface area (TPSA) is 71.1 Å². The average Bonchev–Trinajstić information content (AvgIpc) is 2.82. The van der Waals surface area contributed by atoms with Gasteiger partial charge >= 0.3 is 0 Å². The van der Waals surface area contributed by atoms with Crippen LogP contribution in [0.4, 0.5) is 0 Å². The molecule has 0 bridgehead atoms. The zero-order chi connectivity index (χ0) is 13.4. The minimum absolute atomic E-state index is 0.407. The zero-order valence-electron chi connectivity index (χ0n) is 10.8. The van der Waals surface area contributed by atoms with Gasteiger partial charge in [-0.05, 0) is 19.9 Å². The molecule has 104 valence electrons. The molecule has 0 saturated carbocycles. The summed E-state index contributed by atoms with van der Waals surface area (Å²) in [5.41, 5.74) is 2.68. The Bertz CT molecular complexity index is 418. The second-order valence-electron chi connectivity index (χ2n) is 4.18. The van der Waals surface area contributed by atoms with Gasteiger partial charge in [-0.2, -0.15) is 0 Å². The first-order valence-electron chi connectivity index (χ1n) is 6.12. The minimum Gasteiger partial charge on any atom is -0.315 e. The quantitative estimate of drug-likeness (QED) is 0.666. The molecule has 5 nitrogen and oxygen atoms in total. The molecule has 0 aliphatic heterocycles. The number of rotatable bonds is 9. The molecule has 0 aliphatic rings. The third kappa shape index (κ3) is 5.43. The molecule has 0 saturated heterocycles. The van der Waals surface area contributed by atoms with Crippen molar-refractivity contribution in [2.75, 3.05) is 19.6 Å². The summed E-state index contributed by atoms with van der Waals surface area (Å²) in [6.07, 6.45) is 1.64. The summed E-state index contributed by atoms with van der Waals surface area (Å²) >= 11 is 1.52. The van der Waals surface area contributed by atoms with Gasteiger partial charge in [0.1, 0.15) is 0 Å². The summed E-state index contributed by atoms with van der Waals surface area (Å²) in [5.74, 6) is 0. The van der Waals surface area contributed by atoms with Gasteiger partial charge in [0.25, 0.3) is 0 Å². The Morgan fingerprint density at radius 1 is 1.44 bits per heavy atom. The maximum absolute atomic E-state index is 11.9. The van der Waals surface area contributed by atoms with Crippen LogP contribution in [0.25, 0.3) is 0 Å². The summed E-state index contributed by atoms with van der Waals surface area (Å²) in [5, 5.41) is 4.63. The summed E-state index contributed by atoms with van der Waals surface area (Å²) in [7, 11) is -3.23. The maximum Gasteiger partial charge on any atom is 0.215 e.